The predicted molar refractivity (Wildman–Crippen MR) is 140 cm³/mol. The summed E-state index contributed by atoms with van der Waals surface area (Å²) in [5, 5.41) is 11.2. The zero-order valence-corrected chi connectivity index (χ0v) is 21.1. The fourth-order valence-corrected chi connectivity index (χ4v) is 5.04. The molecule has 10 heteroatoms. The Kier molecular flexibility index (Phi) is 6.32. The standard InChI is InChI=1S/C29H25F4N5O/c1-38-16-35-37-27(38)24-20(18-8-3-2-4-9-18)10-11-22(30)25(24)28-36-23-15-19(34-13-12-17-6-5-7-17)14-21(26(23)39-28)29(31,32)33/h2-4,8-11,14-17,34H,5-7,12-13H2,1H3. The topological polar surface area (TPSA) is 68.8 Å². The molecule has 0 unspecified atom stereocenters. The van der Waals surface area contributed by atoms with Crippen LogP contribution >= 0.6 is 0 Å². The zero-order chi connectivity index (χ0) is 27.1. The number of rotatable bonds is 7. The minimum Gasteiger partial charge on any atom is -0.435 e. The first-order valence-electron chi connectivity index (χ1n) is 12.8. The fraction of sp³-hybridized carbons (Fsp3) is 0.276. The van der Waals surface area contributed by atoms with Gasteiger partial charge in [0, 0.05) is 24.8 Å². The van der Waals surface area contributed by atoms with E-state index in [4.69, 9.17) is 4.42 Å². The Morgan fingerprint density at radius 2 is 1.85 bits per heavy atom. The molecule has 0 aliphatic heterocycles. The maximum absolute atomic E-state index is 15.6. The van der Waals surface area contributed by atoms with E-state index in [0.717, 1.165) is 30.9 Å². The summed E-state index contributed by atoms with van der Waals surface area (Å²) in [6, 6.07) is 14.6. The Morgan fingerprint density at radius 3 is 2.51 bits per heavy atom. The maximum Gasteiger partial charge on any atom is 0.420 e. The van der Waals surface area contributed by atoms with Gasteiger partial charge in [-0.05, 0) is 41.7 Å². The van der Waals surface area contributed by atoms with Crippen molar-refractivity contribution in [3.8, 4) is 34.0 Å². The maximum atomic E-state index is 15.6. The van der Waals surface area contributed by atoms with Crippen LogP contribution in [0.25, 0.3) is 45.1 Å². The number of nitrogens with one attached hydrogen (secondary N) is 1. The van der Waals surface area contributed by atoms with Crippen LogP contribution in [0.2, 0.25) is 0 Å². The van der Waals surface area contributed by atoms with Gasteiger partial charge in [-0.25, -0.2) is 9.37 Å². The van der Waals surface area contributed by atoms with E-state index in [0.29, 0.717) is 35.1 Å². The van der Waals surface area contributed by atoms with Crippen LogP contribution in [0.5, 0.6) is 0 Å². The van der Waals surface area contributed by atoms with E-state index in [2.05, 4.69) is 20.5 Å². The Bertz CT molecular complexity index is 1640. The van der Waals surface area contributed by atoms with Gasteiger partial charge < -0.3 is 14.3 Å². The first kappa shape index (κ1) is 25.1. The lowest BCUT2D eigenvalue weighted by molar-refractivity contribution is -0.136. The van der Waals surface area contributed by atoms with Crippen molar-refractivity contribution >= 4 is 16.8 Å². The molecule has 0 bridgehead atoms. The van der Waals surface area contributed by atoms with Gasteiger partial charge in [0.25, 0.3) is 0 Å². The molecule has 200 valence electrons. The first-order valence-corrected chi connectivity index (χ1v) is 12.8. The molecule has 0 spiro atoms. The number of halogens is 4. The third-order valence-electron chi connectivity index (χ3n) is 7.29. The number of nitrogens with zero attached hydrogens (tertiary/aromatic N) is 4. The number of hydrogen-bond donors (Lipinski definition) is 1. The van der Waals surface area contributed by atoms with Crippen molar-refractivity contribution in [2.75, 3.05) is 11.9 Å². The highest BCUT2D eigenvalue weighted by molar-refractivity contribution is 5.93. The van der Waals surface area contributed by atoms with E-state index >= 15 is 4.39 Å². The highest BCUT2D eigenvalue weighted by Gasteiger charge is 2.36. The van der Waals surface area contributed by atoms with Crippen LogP contribution in [-0.2, 0) is 13.2 Å². The van der Waals surface area contributed by atoms with Gasteiger partial charge in [0.2, 0.25) is 5.89 Å². The number of oxazole rings is 1. The predicted octanol–water partition coefficient (Wildman–Crippen LogP) is 7.72. The molecule has 5 aromatic rings. The Morgan fingerprint density at radius 1 is 1.05 bits per heavy atom. The monoisotopic (exact) mass is 535 g/mol. The van der Waals surface area contributed by atoms with Crippen molar-refractivity contribution in [1.82, 2.24) is 19.7 Å². The van der Waals surface area contributed by atoms with Gasteiger partial charge in [-0.15, -0.1) is 10.2 Å². The van der Waals surface area contributed by atoms with Crippen LogP contribution in [0.15, 0.2) is 65.3 Å². The smallest absolute Gasteiger partial charge is 0.420 e. The molecule has 6 nitrogen and oxygen atoms in total. The van der Waals surface area contributed by atoms with Gasteiger partial charge in [0.1, 0.15) is 23.2 Å². The SMILES string of the molecule is Cn1cnnc1-c1c(-c2ccccc2)ccc(F)c1-c1nc2cc(NCCC3CCC3)cc(C(F)(F)F)c2o1. The summed E-state index contributed by atoms with van der Waals surface area (Å²) in [5.41, 5.74) is 0.471. The second-order valence-corrected chi connectivity index (χ2v) is 9.88. The van der Waals surface area contributed by atoms with Crippen LogP contribution in [0, 0.1) is 11.7 Å². The van der Waals surface area contributed by atoms with E-state index in [-0.39, 0.29) is 17.0 Å². The van der Waals surface area contributed by atoms with Gasteiger partial charge >= 0.3 is 6.18 Å². The van der Waals surface area contributed by atoms with Crippen molar-refractivity contribution in [1.29, 1.82) is 0 Å². The van der Waals surface area contributed by atoms with Gasteiger partial charge in [0.15, 0.2) is 11.4 Å². The third kappa shape index (κ3) is 4.75. The lowest BCUT2D eigenvalue weighted by Gasteiger charge is -2.25. The highest BCUT2D eigenvalue weighted by Crippen LogP contribution is 2.44. The molecular formula is C29H25F4N5O. The van der Waals surface area contributed by atoms with Crippen molar-refractivity contribution in [3.05, 3.63) is 72.3 Å². The second-order valence-electron chi connectivity index (χ2n) is 9.88. The number of aryl methyl sites for hydroxylation is 1. The third-order valence-corrected chi connectivity index (χ3v) is 7.29. The molecule has 0 atom stereocenters. The Labute approximate surface area is 221 Å². The molecule has 1 fully saturated rings. The molecule has 0 amide bonds. The lowest BCUT2D eigenvalue weighted by atomic mass is 9.83. The van der Waals surface area contributed by atoms with Crippen LogP contribution in [0.3, 0.4) is 0 Å². The highest BCUT2D eigenvalue weighted by atomic mass is 19.4. The minimum atomic E-state index is -4.70. The summed E-state index contributed by atoms with van der Waals surface area (Å²) < 4.78 is 65.3. The minimum absolute atomic E-state index is 0.0144. The van der Waals surface area contributed by atoms with Crippen molar-refractivity contribution in [3.63, 3.8) is 0 Å². The molecule has 1 aliphatic carbocycles. The Balaban J connectivity index is 1.52. The summed E-state index contributed by atoms with van der Waals surface area (Å²) in [4.78, 5) is 4.38. The van der Waals surface area contributed by atoms with Crippen molar-refractivity contribution in [2.24, 2.45) is 13.0 Å². The molecule has 3 aromatic carbocycles. The van der Waals surface area contributed by atoms with Crippen LogP contribution in [-0.4, -0.2) is 26.3 Å². The largest absolute Gasteiger partial charge is 0.435 e. The average molecular weight is 536 g/mol. The molecule has 0 saturated heterocycles. The fourth-order valence-electron chi connectivity index (χ4n) is 5.04. The summed E-state index contributed by atoms with van der Waals surface area (Å²) in [5.74, 6) is -0.0390. The van der Waals surface area contributed by atoms with Gasteiger partial charge in [-0.1, -0.05) is 55.7 Å². The number of benzene rings is 3. The first-order chi connectivity index (χ1) is 18.8. The lowest BCUT2D eigenvalue weighted by Crippen LogP contribution is -2.16. The molecule has 2 aromatic heterocycles. The molecular weight excluding hydrogens is 510 g/mol. The summed E-state index contributed by atoms with van der Waals surface area (Å²) in [7, 11) is 1.70. The quantitative estimate of drug-likeness (QED) is 0.216. The van der Waals surface area contributed by atoms with Crippen molar-refractivity contribution in [2.45, 2.75) is 31.9 Å². The van der Waals surface area contributed by atoms with Gasteiger partial charge in [-0.2, -0.15) is 13.2 Å². The second kappa shape index (κ2) is 9.83. The molecule has 1 saturated carbocycles. The average Bonchev–Trinajstić information content (AvgIpc) is 3.50. The van der Waals surface area contributed by atoms with Crippen LogP contribution in [0.4, 0.5) is 23.2 Å². The summed E-state index contributed by atoms with van der Waals surface area (Å²) in [6.45, 7) is 0.558. The zero-order valence-electron chi connectivity index (χ0n) is 21.1. The molecule has 1 N–H and O–H groups in total. The van der Waals surface area contributed by atoms with Crippen LogP contribution in [0.1, 0.15) is 31.2 Å². The number of aromatic nitrogens is 4. The van der Waals surface area contributed by atoms with Crippen LogP contribution < -0.4 is 5.32 Å². The molecule has 0 radical (unpaired) electrons. The van der Waals surface area contributed by atoms with E-state index in [1.807, 2.05) is 30.3 Å². The van der Waals surface area contributed by atoms with Gasteiger partial charge in [-0.3, -0.25) is 0 Å². The van der Waals surface area contributed by atoms with E-state index in [1.54, 1.807) is 17.7 Å². The van der Waals surface area contributed by atoms with E-state index in [9.17, 15) is 13.2 Å². The van der Waals surface area contributed by atoms with Crippen molar-refractivity contribution < 1.29 is 22.0 Å². The number of anilines is 1. The summed E-state index contributed by atoms with van der Waals surface area (Å²) in [6.07, 6.45) is 1.17. The summed E-state index contributed by atoms with van der Waals surface area (Å²) >= 11 is 0. The number of fused-ring (bicyclic) bond motifs is 1. The van der Waals surface area contributed by atoms with E-state index < -0.39 is 23.1 Å². The molecule has 1 aliphatic rings. The normalized spacial score (nSPS) is 14.1. The van der Waals surface area contributed by atoms with Gasteiger partial charge in [0.05, 0.1) is 5.56 Å². The number of alkyl halides is 3. The Hall–Kier alpha value is -4.21. The molecule has 6 rings (SSSR count). The number of hydrogen-bond acceptors (Lipinski definition) is 5. The van der Waals surface area contributed by atoms with E-state index in [1.165, 1.54) is 24.9 Å². The molecule has 39 heavy (non-hydrogen) atoms. The molecule has 2 heterocycles.